The van der Waals surface area contributed by atoms with Gasteiger partial charge in [-0.25, -0.2) is 0 Å². The highest BCUT2D eigenvalue weighted by molar-refractivity contribution is 6.31. The van der Waals surface area contributed by atoms with Gasteiger partial charge in [0.2, 0.25) is 0 Å². The molecule has 1 aromatic rings. The minimum absolute atomic E-state index is 0.174. The summed E-state index contributed by atoms with van der Waals surface area (Å²) in [5.74, 6) is 0. The minimum Gasteiger partial charge on any atom is -0.311 e. The lowest BCUT2D eigenvalue weighted by atomic mass is 10.1. The number of halogens is 1. The zero-order valence-corrected chi connectivity index (χ0v) is 14.8. The second kappa shape index (κ2) is 6.67. The summed E-state index contributed by atoms with van der Waals surface area (Å²) < 4.78 is 2.05. The molecule has 1 fully saturated rings. The van der Waals surface area contributed by atoms with Crippen molar-refractivity contribution < 1.29 is 0 Å². The Kier molecular flexibility index (Phi) is 5.33. The molecule has 0 aliphatic carbocycles. The van der Waals surface area contributed by atoms with E-state index in [1.54, 1.807) is 0 Å². The van der Waals surface area contributed by atoms with Crippen molar-refractivity contribution in [2.45, 2.75) is 72.1 Å². The van der Waals surface area contributed by atoms with Crippen LogP contribution in [0.25, 0.3) is 0 Å². The monoisotopic (exact) mass is 312 g/mol. The first-order chi connectivity index (χ1) is 9.81. The number of hydrogen-bond acceptors (Lipinski definition) is 3. The minimum atomic E-state index is 0.174. The third-order valence-corrected chi connectivity index (χ3v) is 4.66. The van der Waals surface area contributed by atoms with E-state index in [9.17, 15) is 0 Å². The van der Waals surface area contributed by atoms with E-state index >= 15 is 0 Å². The third kappa shape index (κ3) is 4.21. The van der Waals surface area contributed by atoms with Crippen LogP contribution in [0, 0.1) is 6.92 Å². The lowest BCUT2D eigenvalue weighted by Crippen LogP contribution is -2.45. The Bertz CT molecular complexity index is 475. The Hall–Kier alpha value is -0.580. The van der Waals surface area contributed by atoms with Gasteiger partial charge in [-0.2, -0.15) is 5.10 Å². The Labute approximate surface area is 133 Å². The molecule has 1 aliphatic heterocycles. The molecule has 5 heteroatoms. The first-order valence-corrected chi connectivity index (χ1v) is 8.40. The average molecular weight is 313 g/mol. The van der Waals surface area contributed by atoms with Gasteiger partial charge in [0.15, 0.2) is 0 Å². The molecule has 1 unspecified atom stereocenters. The molecule has 1 N–H and O–H groups in total. The van der Waals surface area contributed by atoms with E-state index in [2.05, 4.69) is 43.0 Å². The fourth-order valence-electron chi connectivity index (χ4n) is 2.97. The SMILES string of the molecule is CCn1nc(C)c(Cl)c1CN1CCCC1CNC(C)(C)C. The maximum absolute atomic E-state index is 6.44. The van der Waals surface area contributed by atoms with E-state index < -0.39 is 0 Å². The summed E-state index contributed by atoms with van der Waals surface area (Å²) in [6.45, 7) is 14.7. The summed E-state index contributed by atoms with van der Waals surface area (Å²) in [6.07, 6.45) is 2.54. The lowest BCUT2D eigenvalue weighted by Gasteiger charge is -2.29. The van der Waals surface area contributed by atoms with Crippen molar-refractivity contribution in [1.29, 1.82) is 0 Å². The smallest absolute Gasteiger partial charge is 0.0860 e. The van der Waals surface area contributed by atoms with Gasteiger partial charge in [0.25, 0.3) is 0 Å². The summed E-state index contributed by atoms with van der Waals surface area (Å²) in [4.78, 5) is 2.55. The van der Waals surface area contributed by atoms with Gasteiger partial charge < -0.3 is 5.32 Å². The van der Waals surface area contributed by atoms with Crippen molar-refractivity contribution in [2.75, 3.05) is 13.1 Å². The Morgan fingerprint density at radius 1 is 1.38 bits per heavy atom. The summed E-state index contributed by atoms with van der Waals surface area (Å²) >= 11 is 6.44. The van der Waals surface area contributed by atoms with Crippen LogP contribution in [0.4, 0.5) is 0 Å². The molecule has 0 radical (unpaired) electrons. The van der Waals surface area contributed by atoms with Crippen molar-refractivity contribution in [2.24, 2.45) is 0 Å². The zero-order valence-electron chi connectivity index (χ0n) is 14.0. The van der Waals surface area contributed by atoms with E-state index in [4.69, 9.17) is 11.6 Å². The van der Waals surface area contributed by atoms with Crippen LogP contribution < -0.4 is 5.32 Å². The second-order valence-corrected chi connectivity index (χ2v) is 7.44. The average Bonchev–Trinajstić information content (AvgIpc) is 2.95. The fraction of sp³-hybridized carbons (Fsp3) is 0.812. The molecular weight excluding hydrogens is 284 g/mol. The number of rotatable bonds is 5. The normalized spacial score (nSPS) is 20.4. The van der Waals surface area contributed by atoms with Crippen LogP contribution in [-0.4, -0.2) is 39.4 Å². The molecule has 120 valence electrons. The van der Waals surface area contributed by atoms with Crippen molar-refractivity contribution in [3.05, 3.63) is 16.4 Å². The van der Waals surface area contributed by atoms with Crippen LogP contribution in [0.5, 0.6) is 0 Å². The maximum atomic E-state index is 6.44. The van der Waals surface area contributed by atoms with Gasteiger partial charge in [-0.3, -0.25) is 9.58 Å². The topological polar surface area (TPSA) is 33.1 Å². The van der Waals surface area contributed by atoms with Gasteiger partial charge in [0.1, 0.15) is 0 Å². The molecule has 0 aromatic carbocycles. The van der Waals surface area contributed by atoms with Crippen molar-refractivity contribution >= 4 is 11.6 Å². The van der Waals surface area contributed by atoms with Crippen LogP contribution in [-0.2, 0) is 13.1 Å². The van der Waals surface area contributed by atoms with Crippen LogP contribution >= 0.6 is 11.6 Å². The van der Waals surface area contributed by atoms with Crippen molar-refractivity contribution in [1.82, 2.24) is 20.0 Å². The summed E-state index contributed by atoms with van der Waals surface area (Å²) in [5, 5.41) is 8.99. The molecule has 0 saturated carbocycles. The summed E-state index contributed by atoms with van der Waals surface area (Å²) in [7, 11) is 0. The molecule has 4 nitrogen and oxygen atoms in total. The van der Waals surface area contributed by atoms with Gasteiger partial charge in [-0.05, 0) is 54.0 Å². The van der Waals surface area contributed by atoms with Gasteiger partial charge in [0, 0.05) is 31.2 Å². The Morgan fingerprint density at radius 3 is 2.71 bits per heavy atom. The highest BCUT2D eigenvalue weighted by atomic mass is 35.5. The van der Waals surface area contributed by atoms with Crippen LogP contribution in [0.15, 0.2) is 0 Å². The molecule has 1 atom stereocenters. The van der Waals surface area contributed by atoms with Crippen molar-refractivity contribution in [3.8, 4) is 0 Å². The van der Waals surface area contributed by atoms with E-state index in [0.717, 1.165) is 36.9 Å². The van der Waals surface area contributed by atoms with E-state index in [0.29, 0.717) is 6.04 Å². The zero-order chi connectivity index (χ0) is 15.6. The van der Waals surface area contributed by atoms with E-state index in [1.165, 1.54) is 18.5 Å². The third-order valence-electron chi connectivity index (χ3n) is 4.17. The van der Waals surface area contributed by atoms with Gasteiger partial charge >= 0.3 is 0 Å². The van der Waals surface area contributed by atoms with Gasteiger partial charge in [-0.15, -0.1) is 0 Å². The van der Waals surface area contributed by atoms with Gasteiger partial charge in [-0.1, -0.05) is 11.6 Å². The largest absolute Gasteiger partial charge is 0.311 e. The molecule has 1 saturated heterocycles. The highest BCUT2D eigenvalue weighted by Crippen LogP contribution is 2.26. The maximum Gasteiger partial charge on any atom is 0.0860 e. The molecule has 2 rings (SSSR count). The van der Waals surface area contributed by atoms with Crippen molar-refractivity contribution in [3.63, 3.8) is 0 Å². The fourth-order valence-corrected chi connectivity index (χ4v) is 3.17. The second-order valence-electron chi connectivity index (χ2n) is 7.06. The molecule has 21 heavy (non-hydrogen) atoms. The molecule has 1 aromatic heterocycles. The Morgan fingerprint density at radius 2 is 2.10 bits per heavy atom. The Balaban J connectivity index is 2.04. The lowest BCUT2D eigenvalue weighted by molar-refractivity contribution is 0.220. The molecular formula is C16H29ClN4. The van der Waals surface area contributed by atoms with Crippen LogP contribution in [0.2, 0.25) is 5.02 Å². The molecule has 0 spiro atoms. The highest BCUT2D eigenvalue weighted by Gasteiger charge is 2.27. The number of likely N-dealkylation sites (tertiary alicyclic amines) is 1. The standard InChI is InChI=1S/C16H29ClN4/c1-6-21-14(15(17)12(2)19-21)11-20-9-7-8-13(20)10-18-16(3,4)5/h13,18H,6-11H2,1-5H3. The molecule has 1 aliphatic rings. The van der Waals surface area contributed by atoms with Gasteiger partial charge in [0.05, 0.1) is 16.4 Å². The predicted octanol–water partition coefficient (Wildman–Crippen LogP) is 3.22. The molecule has 0 amide bonds. The van der Waals surface area contributed by atoms with E-state index in [1.807, 2.05) is 11.6 Å². The predicted molar refractivity (Wildman–Crippen MR) is 88.8 cm³/mol. The number of aromatic nitrogens is 2. The molecule has 2 heterocycles. The number of hydrogen-bond donors (Lipinski definition) is 1. The first kappa shape index (κ1) is 16.8. The summed E-state index contributed by atoms with van der Waals surface area (Å²) in [6, 6.07) is 0.598. The van der Waals surface area contributed by atoms with E-state index in [-0.39, 0.29) is 5.54 Å². The first-order valence-electron chi connectivity index (χ1n) is 8.02. The molecule has 0 bridgehead atoms. The number of aryl methyl sites for hydroxylation is 2. The summed E-state index contributed by atoms with van der Waals surface area (Å²) in [5.41, 5.74) is 2.28. The van der Waals surface area contributed by atoms with Crippen LogP contribution in [0.3, 0.4) is 0 Å². The quantitative estimate of drug-likeness (QED) is 0.906. The van der Waals surface area contributed by atoms with Crippen LogP contribution in [0.1, 0.15) is 51.9 Å². The number of nitrogens with one attached hydrogen (secondary N) is 1. The number of nitrogens with zero attached hydrogens (tertiary/aromatic N) is 3.